The number of benzene rings is 3. The van der Waals surface area contributed by atoms with Gasteiger partial charge in [-0.1, -0.05) is 42.5 Å². The summed E-state index contributed by atoms with van der Waals surface area (Å²) in [5.74, 6) is -0.0857. The van der Waals surface area contributed by atoms with Crippen molar-refractivity contribution in [3.8, 4) is 17.0 Å². The molecule has 3 aromatic carbocycles. The third kappa shape index (κ3) is 3.58. The Morgan fingerprint density at radius 2 is 1.78 bits per heavy atom. The van der Waals surface area contributed by atoms with E-state index in [1.807, 2.05) is 49.5 Å². The van der Waals surface area contributed by atoms with Crippen LogP contribution in [-0.4, -0.2) is 15.7 Å². The number of aromatic nitrogens is 2. The molecular weight excluding hydrogens is 343 g/mol. The summed E-state index contributed by atoms with van der Waals surface area (Å²) in [5, 5.41) is 5.26. The maximum absolute atomic E-state index is 13.6. The van der Waals surface area contributed by atoms with E-state index >= 15 is 0 Å². The zero-order valence-electron chi connectivity index (χ0n) is 14.7. The summed E-state index contributed by atoms with van der Waals surface area (Å²) >= 11 is 0. The molecule has 0 aliphatic rings. The summed E-state index contributed by atoms with van der Waals surface area (Å²) in [7, 11) is 1.83. The first kappa shape index (κ1) is 17.0. The number of aryl methyl sites for hydroxylation is 1. The van der Waals surface area contributed by atoms with Crippen LogP contribution in [0.1, 0.15) is 5.56 Å². The Morgan fingerprint density at radius 3 is 2.52 bits per heavy atom. The summed E-state index contributed by atoms with van der Waals surface area (Å²) in [6.45, 7) is 0. The van der Waals surface area contributed by atoms with Gasteiger partial charge in [-0.05, 0) is 35.9 Å². The van der Waals surface area contributed by atoms with E-state index in [0.29, 0.717) is 11.4 Å². The van der Waals surface area contributed by atoms with Crippen molar-refractivity contribution >= 4 is 16.9 Å². The second-order valence-corrected chi connectivity index (χ2v) is 6.29. The minimum Gasteiger partial charge on any atom is -0.426 e. The number of esters is 1. The zero-order chi connectivity index (χ0) is 18.8. The van der Waals surface area contributed by atoms with Crippen molar-refractivity contribution in [1.82, 2.24) is 9.78 Å². The number of halogens is 1. The van der Waals surface area contributed by atoms with Crippen LogP contribution < -0.4 is 4.74 Å². The summed E-state index contributed by atoms with van der Waals surface area (Å²) < 4.78 is 20.7. The number of fused-ring (bicyclic) bond motifs is 1. The summed E-state index contributed by atoms with van der Waals surface area (Å²) in [4.78, 5) is 12.1. The van der Waals surface area contributed by atoms with Gasteiger partial charge in [0, 0.05) is 18.0 Å². The van der Waals surface area contributed by atoms with Crippen LogP contribution in [0.5, 0.6) is 5.75 Å². The minimum absolute atomic E-state index is 0.173. The van der Waals surface area contributed by atoms with Gasteiger partial charge in [0.2, 0.25) is 0 Å². The molecule has 0 saturated carbocycles. The van der Waals surface area contributed by atoms with E-state index < -0.39 is 0 Å². The molecule has 0 unspecified atom stereocenters. The number of nitrogens with zero attached hydrogens (tertiary/aromatic N) is 2. The maximum Gasteiger partial charge on any atom is 0.315 e. The summed E-state index contributed by atoms with van der Waals surface area (Å²) in [6, 6.07) is 21.1. The Hall–Kier alpha value is -3.47. The molecule has 0 amide bonds. The average Bonchev–Trinajstić information content (AvgIpc) is 2.99. The van der Waals surface area contributed by atoms with E-state index in [4.69, 9.17) is 4.74 Å². The van der Waals surface area contributed by atoms with Gasteiger partial charge in [-0.25, -0.2) is 4.39 Å². The molecule has 0 N–H and O–H groups in total. The molecule has 1 aromatic heterocycles. The lowest BCUT2D eigenvalue weighted by molar-refractivity contribution is -0.133. The molecule has 0 bridgehead atoms. The highest BCUT2D eigenvalue weighted by molar-refractivity contribution is 5.93. The first-order chi connectivity index (χ1) is 13.1. The smallest absolute Gasteiger partial charge is 0.315 e. The fraction of sp³-hybridized carbons (Fsp3) is 0.0909. The third-order valence-corrected chi connectivity index (χ3v) is 4.36. The van der Waals surface area contributed by atoms with E-state index in [1.165, 1.54) is 12.1 Å². The highest BCUT2D eigenvalue weighted by atomic mass is 19.1. The van der Waals surface area contributed by atoms with Crippen molar-refractivity contribution in [2.75, 3.05) is 0 Å². The monoisotopic (exact) mass is 360 g/mol. The van der Waals surface area contributed by atoms with Crippen molar-refractivity contribution < 1.29 is 13.9 Å². The van der Waals surface area contributed by atoms with Crippen LogP contribution in [0.2, 0.25) is 0 Å². The molecule has 0 spiro atoms. The van der Waals surface area contributed by atoms with E-state index in [0.717, 1.165) is 22.0 Å². The molecule has 0 fully saturated rings. The lowest BCUT2D eigenvalue weighted by Crippen LogP contribution is -2.11. The molecule has 5 heteroatoms. The molecule has 0 saturated heterocycles. The highest BCUT2D eigenvalue weighted by Crippen LogP contribution is 2.28. The van der Waals surface area contributed by atoms with E-state index in [1.54, 1.807) is 22.9 Å². The Kier molecular flexibility index (Phi) is 4.42. The van der Waals surface area contributed by atoms with Gasteiger partial charge in [-0.3, -0.25) is 9.48 Å². The van der Waals surface area contributed by atoms with Gasteiger partial charge in [-0.2, -0.15) is 5.10 Å². The quantitative estimate of drug-likeness (QED) is 0.397. The summed E-state index contributed by atoms with van der Waals surface area (Å²) in [5.41, 5.74) is 3.28. The number of rotatable bonds is 4. The van der Waals surface area contributed by atoms with Crippen molar-refractivity contribution in [2.45, 2.75) is 6.42 Å². The Balaban J connectivity index is 1.54. The second-order valence-electron chi connectivity index (χ2n) is 6.29. The normalized spacial score (nSPS) is 10.9. The molecule has 1 heterocycles. The molecule has 4 rings (SSSR count). The fourth-order valence-electron chi connectivity index (χ4n) is 3.05. The number of carbonyl (C=O) groups is 1. The topological polar surface area (TPSA) is 44.1 Å². The van der Waals surface area contributed by atoms with Crippen LogP contribution in [0, 0.1) is 5.82 Å². The Labute approximate surface area is 155 Å². The van der Waals surface area contributed by atoms with Crippen LogP contribution in [0.25, 0.3) is 22.2 Å². The first-order valence-electron chi connectivity index (χ1n) is 8.57. The van der Waals surface area contributed by atoms with Crippen LogP contribution in [0.15, 0.2) is 72.8 Å². The number of hydrogen-bond acceptors (Lipinski definition) is 3. The molecule has 134 valence electrons. The largest absolute Gasteiger partial charge is 0.426 e. The van der Waals surface area contributed by atoms with Crippen LogP contribution >= 0.6 is 0 Å². The molecule has 0 radical (unpaired) electrons. The molecule has 0 atom stereocenters. The third-order valence-electron chi connectivity index (χ3n) is 4.36. The van der Waals surface area contributed by atoms with Gasteiger partial charge in [-0.15, -0.1) is 0 Å². The van der Waals surface area contributed by atoms with Gasteiger partial charge >= 0.3 is 5.97 Å². The van der Waals surface area contributed by atoms with Gasteiger partial charge < -0.3 is 4.74 Å². The van der Waals surface area contributed by atoms with Gasteiger partial charge in [0.05, 0.1) is 11.9 Å². The van der Waals surface area contributed by atoms with Crippen molar-refractivity contribution in [1.29, 1.82) is 0 Å². The standard InChI is InChI=1S/C22H17FN2O2/c1-25-20-12-11-17(23)14-19(20)22(24-25)16-9-7-15(8-10-16)13-21(26)27-18-5-3-2-4-6-18/h2-12,14H,13H2,1H3. The molecule has 27 heavy (non-hydrogen) atoms. The Morgan fingerprint density at radius 1 is 1.04 bits per heavy atom. The number of hydrogen-bond donors (Lipinski definition) is 0. The molecule has 4 aromatic rings. The molecule has 4 nitrogen and oxygen atoms in total. The average molecular weight is 360 g/mol. The van der Waals surface area contributed by atoms with Gasteiger partial charge in [0.15, 0.2) is 0 Å². The predicted octanol–water partition coefficient (Wildman–Crippen LogP) is 4.53. The highest BCUT2D eigenvalue weighted by Gasteiger charge is 2.12. The number of carbonyl (C=O) groups excluding carboxylic acids is 1. The maximum atomic E-state index is 13.6. The zero-order valence-corrected chi connectivity index (χ0v) is 14.7. The van der Waals surface area contributed by atoms with Gasteiger partial charge in [0.25, 0.3) is 0 Å². The predicted molar refractivity (Wildman–Crippen MR) is 102 cm³/mol. The summed E-state index contributed by atoms with van der Waals surface area (Å²) in [6.07, 6.45) is 0.173. The van der Waals surface area contributed by atoms with Crippen LogP contribution in [-0.2, 0) is 18.3 Å². The Bertz CT molecular complexity index is 1100. The minimum atomic E-state index is -0.320. The fourth-order valence-corrected chi connectivity index (χ4v) is 3.05. The van der Waals surface area contributed by atoms with E-state index in [-0.39, 0.29) is 18.2 Å². The van der Waals surface area contributed by atoms with E-state index in [9.17, 15) is 9.18 Å². The van der Waals surface area contributed by atoms with Crippen LogP contribution in [0.3, 0.4) is 0 Å². The first-order valence-corrected chi connectivity index (χ1v) is 8.57. The molecule has 0 aliphatic carbocycles. The SMILES string of the molecule is Cn1nc(-c2ccc(CC(=O)Oc3ccccc3)cc2)c2cc(F)ccc21. The van der Waals surface area contributed by atoms with Crippen molar-refractivity contribution in [3.63, 3.8) is 0 Å². The lowest BCUT2D eigenvalue weighted by atomic mass is 10.0. The van der Waals surface area contributed by atoms with E-state index in [2.05, 4.69) is 5.10 Å². The molecule has 0 aliphatic heterocycles. The number of para-hydroxylation sites is 1. The van der Waals surface area contributed by atoms with Crippen LogP contribution in [0.4, 0.5) is 4.39 Å². The van der Waals surface area contributed by atoms with Crippen molar-refractivity contribution in [2.24, 2.45) is 7.05 Å². The second kappa shape index (κ2) is 7.03. The van der Waals surface area contributed by atoms with Gasteiger partial charge in [0.1, 0.15) is 17.3 Å². The molecular formula is C22H17FN2O2. The van der Waals surface area contributed by atoms with Crippen molar-refractivity contribution in [3.05, 3.63) is 84.2 Å². The number of ether oxygens (including phenoxy) is 1. The lowest BCUT2D eigenvalue weighted by Gasteiger charge is -2.05.